The van der Waals surface area contributed by atoms with Crippen LogP contribution in [0.5, 0.6) is 0 Å². The van der Waals surface area contributed by atoms with Crippen molar-refractivity contribution in [1.29, 1.82) is 0 Å². The van der Waals surface area contributed by atoms with Crippen LogP contribution in [0.1, 0.15) is 136 Å². The van der Waals surface area contributed by atoms with Crippen molar-refractivity contribution >= 4 is 13.8 Å². The fourth-order valence-electron chi connectivity index (χ4n) is 5.05. The van der Waals surface area contributed by atoms with Crippen LogP contribution in [0.25, 0.3) is 0 Å². The molecule has 56 heavy (non-hydrogen) atoms. The van der Waals surface area contributed by atoms with Gasteiger partial charge in [-0.2, -0.15) is 0 Å². The highest BCUT2D eigenvalue weighted by atomic mass is 31.2. The van der Waals surface area contributed by atoms with Crippen molar-refractivity contribution in [3.8, 4) is 0 Å². The number of unbranched alkanes of at least 4 members (excludes halogenated alkanes) is 8. The molecule has 0 amide bonds. The van der Waals surface area contributed by atoms with Crippen LogP contribution in [0.4, 0.5) is 0 Å². The number of ether oxygens (including phenoxy) is 2. The van der Waals surface area contributed by atoms with E-state index in [1.165, 1.54) is 19.3 Å². The number of rotatable bonds is 38. The van der Waals surface area contributed by atoms with Crippen molar-refractivity contribution in [2.24, 2.45) is 0 Å². The normalized spacial score (nSPS) is 14.8. The first-order valence-corrected chi connectivity index (χ1v) is 23.0. The summed E-state index contributed by atoms with van der Waals surface area (Å²) in [4.78, 5) is 22.8. The van der Waals surface area contributed by atoms with Gasteiger partial charge in [0.2, 0.25) is 0 Å². The molecule has 1 N–H and O–H groups in total. The number of esters is 1. The molecule has 0 aromatic carbocycles. The van der Waals surface area contributed by atoms with E-state index in [-0.39, 0.29) is 25.8 Å². The van der Waals surface area contributed by atoms with Crippen LogP contribution in [0.2, 0.25) is 0 Å². The smallest absolute Gasteiger partial charge is 0.457 e. The highest BCUT2D eigenvalue weighted by Gasteiger charge is 2.26. The van der Waals surface area contributed by atoms with Crippen molar-refractivity contribution in [3.63, 3.8) is 0 Å². The second-order valence-electron chi connectivity index (χ2n) is 15.0. The number of likely N-dealkylation sites (N-methyl/N-ethyl adjacent to an activating group) is 1. The number of phosphoric acid groups is 1. The molecule has 8 nitrogen and oxygen atoms in total. The molecule has 320 valence electrons. The van der Waals surface area contributed by atoms with Gasteiger partial charge in [-0.3, -0.25) is 13.8 Å². The summed E-state index contributed by atoms with van der Waals surface area (Å²) in [6.45, 7) is 5.25. The average molecular weight is 803 g/mol. The Kier molecular flexibility index (Phi) is 37.4. The first-order chi connectivity index (χ1) is 27.1. The van der Waals surface area contributed by atoms with Crippen LogP contribution in [0.15, 0.2) is 97.2 Å². The van der Waals surface area contributed by atoms with E-state index in [1.54, 1.807) is 0 Å². The maximum absolute atomic E-state index is 12.7. The van der Waals surface area contributed by atoms with Gasteiger partial charge in [-0.1, -0.05) is 143 Å². The summed E-state index contributed by atoms with van der Waals surface area (Å²) >= 11 is 0. The molecule has 0 aromatic heterocycles. The molecule has 0 saturated carbocycles. The number of hydrogen-bond acceptors (Lipinski definition) is 6. The largest absolute Gasteiger partial charge is 0.472 e. The summed E-state index contributed by atoms with van der Waals surface area (Å²) < 4.78 is 34.9. The molecular formula is C47H81NO7P+. The van der Waals surface area contributed by atoms with E-state index in [0.29, 0.717) is 24.1 Å². The molecule has 0 fully saturated rings. The number of carbonyl (C=O) groups excluding carboxylic acids is 1. The Bertz CT molecular complexity index is 1210. The molecule has 0 radical (unpaired) electrons. The molecule has 0 bridgehead atoms. The number of allylic oxidation sites excluding steroid dienone is 16. The van der Waals surface area contributed by atoms with E-state index in [9.17, 15) is 14.3 Å². The van der Waals surface area contributed by atoms with Crippen LogP contribution < -0.4 is 0 Å². The lowest BCUT2D eigenvalue weighted by Gasteiger charge is -2.24. The summed E-state index contributed by atoms with van der Waals surface area (Å²) in [6, 6.07) is 0. The van der Waals surface area contributed by atoms with Gasteiger partial charge in [-0.25, -0.2) is 4.57 Å². The van der Waals surface area contributed by atoms with Gasteiger partial charge in [0, 0.05) is 13.0 Å². The maximum Gasteiger partial charge on any atom is 0.472 e. The summed E-state index contributed by atoms with van der Waals surface area (Å²) in [5.74, 6) is -0.353. The minimum Gasteiger partial charge on any atom is -0.457 e. The standard InChI is InChI=1S/C47H80NO7P/c1-6-8-10-12-14-16-18-20-22-23-24-25-26-27-29-31-33-35-37-39-42-52-44-46(45-54-56(50,51)53-43-41-48(3,4)5)55-47(49)40-38-36-34-32-30-28-21-19-17-15-13-11-9-7-2/h8,10,13-16,19-22,24-25,27,29,33,35,46H,6-7,9,11-12,17-18,23,26,28,30-32,34,36-45H2,1-5H3/p+1/b10-8-,15-13-,16-14-,21-19-,22-20-,25-24-,29-27-,35-33-. The second-order valence-corrected chi connectivity index (χ2v) is 16.4. The van der Waals surface area contributed by atoms with E-state index >= 15 is 0 Å². The zero-order chi connectivity index (χ0) is 41.3. The van der Waals surface area contributed by atoms with Crippen molar-refractivity contribution in [2.75, 3.05) is 54.1 Å². The van der Waals surface area contributed by atoms with Gasteiger partial charge in [0.05, 0.1) is 34.4 Å². The van der Waals surface area contributed by atoms with Gasteiger partial charge in [0.1, 0.15) is 19.3 Å². The molecule has 0 aliphatic heterocycles. The molecule has 9 heteroatoms. The van der Waals surface area contributed by atoms with Crippen LogP contribution in [-0.2, 0) is 27.9 Å². The third kappa shape index (κ3) is 42.6. The molecule has 0 aliphatic rings. The molecule has 0 aromatic rings. The van der Waals surface area contributed by atoms with Crippen molar-refractivity contribution in [1.82, 2.24) is 0 Å². The van der Waals surface area contributed by atoms with Gasteiger partial charge in [0.25, 0.3) is 0 Å². The summed E-state index contributed by atoms with van der Waals surface area (Å²) in [5, 5.41) is 0. The van der Waals surface area contributed by atoms with Crippen LogP contribution in [-0.4, -0.2) is 75.6 Å². The molecule has 2 atom stereocenters. The lowest BCUT2D eigenvalue weighted by molar-refractivity contribution is -0.870. The predicted molar refractivity (Wildman–Crippen MR) is 238 cm³/mol. The summed E-state index contributed by atoms with van der Waals surface area (Å²) in [5.41, 5.74) is 0. The summed E-state index contributed by atoms with van der Waals surface area (Å²) in [6.07, 6.45) is 53.1. The van der Waals surface area contributed by atoms with E-state index in [1.807, 2.05) is 21.1 Å². The van der Waals surface area contributed by atoms with E-state index in [4.69, 9.17) is 18.5 Å². The molecule has 0 rings (SSSR count). The Hall–Kier alpha value is -2.58. The van der Waals surface area contributed by atoms with E-state index in [2.05, 4.69) is 111 Å². The first-order valence-electron chi connectivity index (χ1n) is 21.5. The minimum atomic E-state index is -4.30. The third-order valence-corrected chi connectivity index (χ3v) is 9.36. The topological polar surface area (TPSA) is 91.3 Å². The number of phosphoric ester groups is 1. The number of carbonyl (C=O) groups is 1. The monoisotopic (exact) mass is 803 g/mol. The quantitative estimate of drug-likeness (QED) is 0.0218. The maximum atomic E-state index is 12.7. The Morgan fingerprint density at radius 2 is 1.04 bits per heavy atom. The SMILES string of the molecule is CC/C=C\C/C=C\C/C=C\C/C=C\C/C=C\C/C=C\CCCOCC(COP(=O)(O)OCC[N+](C)(C)C)OC(=O)CCCCCCC/C=C\C/C=C\CCCC. The van der Waals surface area contributed by atoms with E-state index < -0.39 is 13.9 Å². The van der Waals surface area contributed by atoms with Crippen LogP contribution in [0, 0.1) is 0 Å². The van der Waals surface area contributed by atoms with Crippen molar-refractivity contribution in [3.05, 3.63) is 97.2 Å². The van der Waals surface area contributed by atoms with Crippen molar-refractivity contribution in [2.45, 2.75) is 142 Å². The average Bonchev–Trinajstić information content (AvgIpc) is 3.15. The number of quaternary nitrogens is 1. The van der Waals surface area contributed by atoms with Crippen LogP contribution >= 0.6 is 7.82 Å². The fraction of sp³-hybridized carbons (Fsp3) is 0.638. The Labute approximate surface area is 343 Å². The molecule has 0 heterocycles. The Morgan fingerprint density at radius 3 is 1.55 bits per heavy atom. The molecule has 0 aliphatic carbocycles. The second kappa shape index (κ2) is 39.3. The van der Waals surface area contributed by atoms with Gasteiger partial charge in [-0.15, -0.1) is 0 Å². The van der Waals surface area contributed by atoms with Gasteiger partial charge in [0.15, 0.2) is 0 Å². The van der Waals surface area contributed by atoms with Gasteiger partial charge in [-0.05, 0) is 83.5 Å². The molecule has 2 unspecified atom stereocenters. The van der Waals surface area contributed by atoms with Crippen LogP contribution in [0.3, 0.4) is 0 Å². The van der Waals surface area contributed by atoms with Gasteiger partial charge >= 0.3 is 13.8 Å². The Morgan fingerprint density at radius 1 is 0.571 bits per heavy atom. The molecular weight excluding hydrogens is 721 g/mol. The molecule has 0 saturated heterocycles. The zero-order valence-electron chi connectivity index (χ0n) is 36.1. The highest BCUT2D eigenvalue weighted by molar-refractivity contribution is 7.47. The number of hydrogen-bond donors (Lipinski definition) is 1. The van der Waals surface area contributed by atoms with Gasteiger partial charge < -0.3 is 18.9 Å². The molecule has 0 spiro atoms. The minimum absolute atomic E-state index is 0.0690. The zero-order valence-corrected chi connectivity index (χ0v) is 37.0. The lowest BCUT2D eigenvalue weighted by atomic mass is 10.1. The van der Waals surface area contributed by atoms with Crippen molar-refractivity contribution < 1.29 is 37.3 Å². The van der Waals surface area contributed by atoms with E-state index in [0.717, 1.165) is 96.3 Å². The summed E-state index contributed by atoms with van der Waals surface area (Å²) in [7, 11) is 1.60. The Balaban J connectivity index is 4.40. The predicted octanol–water partition coefficient (Wildman–Crippen LogP) is 12.7. The first kappa shape index (κ1) is 53.4. The highest BCUT2D eigenvalue weighted by Crippen LogP contribution is 2.43. The fourth-order valence-corrected chi connectivity index (χ4v) is 5.80. The lowest BCUT2D eigenvalue weighted by Crippen LogP contribution is -2.37. The third-order valence-electron chi connectivity index (χ3n) is 8.38. The number of nitrogens with zero attached hydrogens (tertiary/aromatic N) is 1.